The molecule has 0 aliphatic heterocycles. The van der Waals surface area contributed by atoms with E-state index >= 15 is 0 Å². The first-order chi connectivity index (χ1) is 15.8. The van der Waals surface area contributed by atoms with Gasteiger partial charge in [-0.2, -0.15) is 0 Å². The molecule has 0 aliphatic rings. The Kier molecular flexibility index (Phi) is 18.8. The van der Waals surface area contributed by atoms with E-state index in [1.54, 1.807) is 13.0 Å². The first-order valence-corrected chi connectivity index (χ1v) is 13.7. The van der Waals surface area contributed by atoms with E-state index in [-0.39, 0.29) is 53.7 Å². The van der Waals surface area contributed by atoms with Crippen molar-refractivity contribution in [1.82, 2.24) is 0 Å². The second-order valence-electron chi connectivity index (χ2n) is 8.33. The molecular formula is C25H39NaO7S. The maximum Gasteiger partial charge on any atom is 1.00 e. The number of hydrogen-bond donors (Lipinski definition) is 0. The Bertz CT molecular complexity index is 811. The van der Waals surface area contributed by atoms with Gasteiger partial charge < -0.3 is 14.0 Å². The minimum atomic E-state index is -4.81. The Balaban J connectivity index is 0.0000109. The van der Waals surface area contributed by atoms with Gasteiger partial charge >= 0.3 is 41.5 Å². The predicted molar refractivity (Wildman–Crippen MR) is 127 cm³/mol. The van der Waals surface area contributed by atoms with E-state index in [4.69, 9.17) is 9.47 Å². The summed E-state index contributed by atoms with van der Waals surface area (Å²) in [4.78, 5) is 24.9. The zero-order valence-electron chi connectivity index (χ0n) is 21.1. The van der Waals surface area contributed by atoms with Gasteiger partial charge in [0, 0.05) is 0 Å². The molecule has 0 saturated heterocycles. The van der Waals surface area contributed by atoms with Crippen LogP contribution in [-0.2, 0) is 19.6 Å². The van der Waals surface area contributed by atoms with Crippen molar-refractivity contribution in [2.24, 2.45) is 0 Å². The molecule has 0 fully saturated rings. The van der Waals surface area contributed by atoms with E-state index in [9.17, 15) is 22.6 Å². The van der Waals surface area contributed by atoms with Crippen LogP contribution in [-0.4, -0.2) is 37.0 Å². The average molecular weight is 507 g/mol. The van der Waals surface area contributed by atoms with Crippen LogP contribution in [0.4, 0.5) is 0 Å². The molecule has 0 amide bonds. The van der Waals surface area contributed by atoms with Crippen molar-refractivity contribution in [3.8, 4) is 0 Å². The van der Waals surface area contributed by atoms with Crippen LogP contribution in [0.5, 0.6) is 0 Å². The maximum atomic E-state index is 12.5. The third kappa shape index (κ3) is 13.8. The summed E-state index contributed by atoms with van der Waals surface area (Å²) >= 11 is 0. The van der Waals surface area contributed by atoms with E-state index in [1.807, 2.05) is 0 Å². The molecule has 0 heterocycles. The van der Waals surface area contributed by atoms with E-state index in [2.05, 4.69) is 6.92 Å². The Hall–Kier alpha value is -0.930. The number of rotatable bonds is 18. The average Bonchev–Trinajstić information content (AvgIpc) is 2.78. The molecule has 188 valence electrons. The third-order valence-electron chi connectivity index (χ3n) is 5.43. The van der Waals surface area contributed by atoms with Gasteiger partial charge in [-0.3, -0.25) is 0 Å². The van der Waals surface area contributed by atoms with Gasteiger partial charge in [0.15, 0.2) is 5.44 Å². The fourth-order valence-corrected chi connectivity index (χ4v) is 4.26. The normalized spacial score (nSPS) is 12.0. The summed E-state index contributed by atoms with van der Waals surface area (Å²) < 4.78 is 44.2. The number of carbonyl (C=O) groups excluding carboxylic acids is 2. The van der Waals surface area contributed by atoms with Gasteiger partial charge in [-0.25, -0.2) is 18.0 Å². The molecule has 0 saturated carbocycles. The molecule has 0 aromatic heterocycles. The number of unbranched alkanes of at least 4 members (excludes halogenated alkanes) is 10. The Morgan fingerprint density at radius 3 is 1.74 bits per heavy atom. The van der Waals surface area contributed by atoms with Crippen molar-refractivity contribution in [1.29, 1.82) is 0 Å². The topological polar surface area (TPSA) is 110 Å². The molecule has 0 spiro atoms. The van der Waals surface area contributed by atoms with Crippen molar-refractivity contribution in [3.63, 3.8) is 0 Å². The van der Waals surface area contributed by atoms with Crippen molar-refractivity contribution in [2.45, 2.75) is 103 Å². The fourth-order valence-electron chi connectivity index (χ4n) is 3.53. The zero-order valence-corrected chi connectivity index (χ0v) is 23.9. The molecule has 0 radical (unpaired) electrons. The van der Waals surface area contributed by atoms with Crippen LogP contribution in [0, 0.1) is 0 Å². The van der Waals surface area contributed by atoms with Gasteiger partial charge in [0.05, 0.1) is 17.7 Å². The number of benzene rings is 1. The molecule has 1 aromatic carbocycles. The number of carbonyl (C=O) groups is 2. The van der Waals surface area contributed by atoms with Crippen molar-refractivity contribution in [2.75, 3.05) is 6.61 Å². The van der Waals surface area contributed by atoms with E-state index in [1.165, 1.54) is 69.6 Å². The van der Waals surface area contributed by atoms with Gasteiger partial charge in [-0.1, -0.05) is 96.6 Å². The zero-order chi connectivity index (χ0) is 24.5. The van der Waals surface area contributed by atoms with E-state index < -0.39 is 27.5 Å². The predicted octanol–water partition coefficient (Wildman–Crippen LogP) is 2.99. The van der Waals surface area contributed by atoms with Crippen LogP contribution in [0.25, 0.3) is 0 Å². The van der Waals surface area contributed by atoms with Crippen molar-refractivity contribution in [3.05, 3.63) is 35.4 Å². The Morgan fingerprint density at radius 1 is 0.794 bits per heavy atom. The number of hydrogen-bond acceptors (Lipinski definition) is 7. The summed E-state index contributed by atoms with van der Waals surface area (Å²) in [6.07, 6.45) is 13.3. The Morgan fingerprint density at radius 2 is 1.26 bits per heavy atom. The number of ether oxygens (including phenoxy) is 2. The van der Waals surface area contributed by atoms with Crippen LogP contribution in [0.15, 0.2) is 24.3 Å². The second kappa shape index (κ2) is 19.3. The first kappa shape index (κ1) is 33.1. The van der Waals surface area contributed by atoms with Crippen LogP contribution in [0.1, 0.15) is 118 Å². The molecule has 9 heteroatoms. The standard InChI is InChI=1S/C25H40O7S.Na/c1-3-5-6-7-8-9-10-11-12-13-16-20-31-24(26)21-18-14-15-19-22(21)25(27)32-23(17-4-2)33(28,29)30;/h14-15,18-19,23H,3-13,16-17,20H2,1-2H3,(H,28,29,30);/q;+1/p-1. The van der Waals surface area contributed by atoms with Gasteiger partial charge in [0.1, 0.15) is 10.1 Å². The quantitative estimate of drug-likeness (QED) is 0.130. The molecule has 7 nitrogen and oxygen atoms in total. The molecule has 34 heavy (non-hydrogen) atoms. The summed E-state index contributed by atoms with van der Waals surface area (Å²) in [6, 6.07) is 5.86. The van der Waals surface area contributed by atoms with E-state index in [0.29, 0.717) is 6.42 Å². The monoisotopic (exact) mass is 506 g/mol. The minimum Gasteiger partial charge on any atom is -0.745 e. The molecule has 0 aliphatic carbocycles. The molecule has 1 atom stereocenters. The number of esters is 2. The second-order valence-corrected chi connectivity index (χ2v) is 9.84. The van der Waals surface area contributed by atoms with Gasteiger partial charge in [0.25, 0.3) is 0 Å². The summed E-state index contributed by atoms with van der Waals surface area (Å²) in [5, 5.41) is 0. The minimum absolute atomic E-state index is 0. The largest absolute Gasteiger partial charge is 1.00 e. The first-order valence-electron chi connectivity index (χ1n) is 12.2. The SMILES string of the molecule is CCCCCCCCCCCCCOC(=O)c1ccccc1C(=O)OC(CCC)S(=O)(=O)[O-].[Na+]. The molecule has 1 unspecified atom stereocenters. The smallest absolute Gasteiger partial charge is 0.745 e. The van der Waals surface area contributed by atoms with Crippen LogP contribution in [0.3, 0.4) is 0 Å². The van der Waals surface area contributed by atoms with Crippen LogP contribution >= 0.6 is 0 Å². The van der Waals surface area contributed by atoms with Crippen LogP contribution in [0.2, 0.25) is 0 Å². The maximum absolute atomic E-state index is 12.5. The van der Waals surface area contributed by atoms with E-state index in [0.717, 1.165) is 19.3 Å². The summed E-state index contributed by atoms with van der Waals surface area (Å²) in [5.74, 6) is -1.71. The van der Waals surface area contributed by atoms with Crippen molar-refractivity contribution < 1.29 is 61.6 Å². The molecule has 1 aromatic rings. The summed E-state index contributed by atoms with van der Waals surface area (Å²) in [6.45, 7) is 4.14. The summed E-state index contributed by atoms with van der Waals surface area (Å²) in [7, 11) is -4.81. The molecule has 0 N–H and O–H groups in total. The van der Waals surface area contributed by atoms with Crippen LogP contribution < -0.4 is 29.6 Å². The van der Waals surface area contributed by atoms with Gasteiger partial charge in [-0.05, 0) is 25.0 Å². The molecular weight excluding hydrogens is 467 g/mol. The molecule has 1 rings (SSSR count). The van der Waals surface area contributed by atoms with Crippen molar-refractivity contribution >= 4 is 22.1 Å². The molecule has 0 bridgehead atoms. The van der Waals surface area contributed by atoms with Gasteiger partial charge in [0.2, 0.25) is 0 Å². The Labute approximate surface area is 227 Å². The summed E-state index contributed by atoms with van der Waals surface area (Å²) in [5.41, 5.74) is -1.91. The fraction of sp³-hybridized carbons (Fsp3) is 0.680. The van der Waals surface area contributed by atoms with Gasteiger partial charge in [-0.15, -0.1) is 0 Å². The third-order valence-corrected chi connectivity index (χ3v) is 6.41.